The molecular weight excluding hydrogens is 422 g/mol. The molecule has 0 atom stereocenters. The number of hydrogen-bond acceptors (Lipinski definition) is 1. The molecule has 3 nitrogen and oxygen atoms in total. The number of carbonyl (C=O) groups excluding carboxylic acids is 1. The minimum atomic E-state index is -4.57. The summed E-state index contributed by atoms with van der Waals surface area (Å²) in [5.41, 5.74) is -0.270. The molecule has 0 aliphatic heterocycles. The van der Waals surface area contributed by atoms with Crippen molar-refractivity contribution in [3.8, 4) is 5.69 Å². The van der Waals surface area contributed by atoms with Gasteiger partial charge in [-0.25, -0.2) is 0 Å². The van der Waals surface area contributed by atoms with Gasteiger partial charge in [0.15, 0.2) is 0 Å². The van der Waals surface area contributed by atoms with E-state index in [2.05, 4.69) is 5.32 Å². The molecule has 1 N–H and O–H groups in total. The maximum Gasteiger partial charge on any atom is 0.416 e. The van der Waals surface area contributed by atoms with Crippen molar-refractivity contribution in [1.82, 2.24) is 9.88 Å². The summed E-state index contributed by atoms with van der Waals surface area (Å²) in [6, 6.07) is 12.0. The highest BCUT2D eigenvalue weighted by Gasteiger charge is 2.32. The number of nitrogens with one attached hydrogen (secondary N) is 1. The number of nitrogens with zero attached hydrogens (tertiary/aromatic N) is 1. The first-order valence-electron chi connectivity index (χ1n) is 9.06. The summed E-state index contributed by atoms with van der Waals surface area (Å²) >= 11 is 0. The quantitative estimate of drug-likeness (QED) is 0.374. The molecule has 31 heavy (non-hydrogen) atoms. The Kier molecular flexibility index (Phi) is 4.72. The molecule has 0 saturated heterocycles. The largest absolute Gasteiger partial charge is 0.416 e. The molecule has 0 saturated carbocycles. The third-order valence-corrected chi connectivity index (χ3v) is 5.03. The van der Waals surface area contributed by atoms with E-state index in [9.17, 15) is 31.1 Å². The van der Waals surface area contributed by atoms with Crippen LogP contribution in [0.25, 0.3) is 27.5 Å². The van der Waals surface area contributed by atoms with Crippen molar-refractivity contribution in [2.24, 2.45) is 0 Å². The minimum absolute atomic E-state index is 0.232. The Morgan fingerprint density at radius 2 is 1.26 bits per heavy atom. The van der Waals surface area contributed by atoms with Crippen molar-refractivity contribution in [3.63, 3.8) is 0 Å². The van der Waals surface area contributed by atoms with Gasteiger partial charge in [0.25, 0.3) is 5.91 Å². The molecule has 160 valence electrons. The van der Waals surface area contributed by atoms with E-state index in [1.165, 1.54) is 37.4 Å². The monoisotopic (exact) mass is 436 g/mol. The molecule has 0 bridgehead atoms. The molecule has 0 aliphatic carbocycles. The predicted octanol–water partition coefficient (Wildman–Crippen LogP) is 6.18. The van der Waals surface area contributed by atoms with Crippen LogP contribution in [0.2, 0.25) is 0 Å². The van der Waals surface area contributed by atoms with Crippen molar-refractivity contribution in [2.75, 3.05) is 7.05 Å². The number of halogens is 6. The van der Waals surface area contributed by atoms with E-state index < -0.39 is 29.4 Å². The Morgan fingerprint density at radius 1 is 0.742 bits per heavy atom. The lowest BCUT2D eigenvalue weighted by Gasteiger charge is -2.11. The van der Waals surface area contributed by atoms with Gasteiger partial charge in [0, 0.05) is 29.1 Å². The second-order valence-corrected chi connectivity index (χ2v) is 6.92. The van der Waals surface area contributed by atoms with Gasteiger partial charge in [-0.3, -0.25) is 4.79 Å². The van der Waals surface area contributed by atoms with Crippen molar-refractivity contribution in [1.29, 1.82) is 0 Å². The molecule has 0 spiro atoms. The molecule has 4 rings (SSSR count). The summed E-state index contributed by atoms with van der Waals surface area (Å²) in [6.45, 7) is 0. The molecular formula is C22H14F6N2O. The van der Waals surface area contributed by atoms with E-state index in [1.54, 1.807) is 10.6 Å². The van der Waals surface area contributed by atoms with Crippen molar-refractivity contribution in [3.05, 3.63) is 77.4 Å². The number of hydrogen-bond donors (Lipinski definition) is 1. The molecule has 0 unspecified atom stereocenters. The van der Waals surface area contributed by atoms with Crippen molar-refractivity contribution >= 4 is 27.7 Å². The van der Waals surface area contributed by atoms with Crippen LogP contribution < -0.4 is 5.32 Å². The fourth-order valence-electron chi connectivity index (χ4n) is 3.56. The predicted molar refractivity (Wildman–Crippen MR) is 104 cm³/mol. The third-order valence-electron chi connectivity index (χ3n) is 5.03. The van der Waals surface area contributed by atoms with Gasteiger partial charge in [-0.1, -0.05) is 0 Å². The van der Waals surface area contributed by atoms with E-state index in [1.807, 2.05) is 0 Å². The van der Waals surface area contributed by atoms with Gasteiger partial charge in [0.2, 0.25) is 0 Å². The lowest BCUT2D eigenvalue weighted by atomic mass is 10.1. The second kappa shape index (κ2) is 7.04. The Bertz CT molecular complexity index is 1300. The topological polar surface area (TPSA) is 34.0 Å². The fraction of sp³-hybridized carbons (Fsp3) is 0.136. The Balaban J connectivity index is 2.03. The standard InChI is InChI=1S/C22H14F6N2O/c1-29-20(31)12-2-8-18-16(10-12)17-11-14(22(26,27)28)5-9-19(17)30(18)15-6-3-13(4-7-15)21(23,24)25/h2-11H,1H3,(H,29,31). The van der Waals surface area contributed by atoms with Crippen LogP contribution in [0.1, 0.15) is 21.5 Å². The maximum absolute atomic E-state index is 13.3. The molecule has 9 heteroatoms. The number of benzene rings is 3. The normalized spacial score (nSPS) is 12.5. The van der Waals surface area contributed by atoms with Crippen LogP contribution in [0.3, 0.4) is 0 Å². The van der Waals surface area contributed by atoms with Crippen LogP contribution in [0, 0.1) is 0 Å². The highest BCUT2D eigenvalue weighted by Crippen LogP contribution is 2.38. The lowest BCUT2D eigenvalue weighted by molar-refractivity contribution is -0.138. The zero-order valence-corrected chi connectivity index (χ0v) is 15.9. The molecule has 0 fully saturated rings. The average Bonchev–Trinajstić information content (AvgIpc) is 3.05. The molecule has 1 heterocycles. The number of amides is 1. The number of fused-ring (bicyclic) bond motifs is 3. The van der Waals surface area contributed by atoms with Gasteiger partial charge in [0.05, 0.1) is 22.2 Å². The van der Waals surface area contributed by atoms with E-state index >= 15 is 0 Å². The van der Waals surface area contributed by atoms with Gasteiger partial charge < -0.3 is 9.88 Å². The average molecular weight is 436 g/mol. The maximum atomic E-state index is 13.3. The van der Waals surface area contributed by atoms with Crippen molar-refractivity contribution < 1.29 is 31.1 Å². The van der Waals surface area contributed by atoms with Crippen LogP contribution in [0.15, 0.2) is 60.7 Å². The van der Waals surface area contributed by atoms with E-state index in [4.69, 9.17) is 0 Å². The van der Waals surface area contributed by atoms with Gasteiger partial charge in [-0.2, -0.15) is 26.3 Å². The summed E-state index contributed by atoms with van der Waals surface area (Å²) in [7, 11) is 1.43. The molecule has 1 amide bonds. The summed E-state index contributed by atoms with van der Waals surface area (Å²) in [5, 5.41) is 3.07. The smallest absolute Gasteiger partial charge is 0.355 e. The van der Waals surface area contributed by atoms with Gasteiger partial charge in [-0.15, -0.1) is 0 Å². The first kappa shape index (κ1) is 20.8. The summed E-state index contributed by atoms with van der Waals surface area (Å²) in [5.74, 6) is -0.413. The van der Waals surface area contributed by atoms with Crippen LogP contribution in [0.5, 0.6) is 0 Å². The molecule has 3 aromatic carbocycles. The summed E-state index contributed by atoms with van der Waals surface area (Å²) < 4.78 is 80.2. The highest BCUT2D eigenvalue weighted by atomic mass is 19.4. The number of carbonyl (C=O) groups is 1. The first-order valence-corrected chi connectivity index (χ1v) is 9.06. The Morgan fingerprint density at radius 3 is 1.81 bits per heavy atom. The zero-order valence-electron chi connectivity index (χ0n) is 15.9. The molecule has 0 radical (unpaired) electrons. The highest BCUT2D eigenvalue weighted by molar-refractivity contribution is 6.11. The van der Waals surface area contributed by atoms with Crippen molar-refractivity contribution in [2.45, 2.75) is 12.4 Å². The summed E-state index contributed by atoms with van der Waals surface area (Å²) in [4.78, 5) is 12.0. The zero-order chi connectivity index (χ0) is 22.6. The molecule has 0 aliphatic rings. The number of alkyl halides is 6. The number of aromatic nitrogens is 1. The second-order valence-electron chi connectivity index (χ2n) is 6.92. The SMILES string of the molecule is CNC(=O)c1ccc2c(c1)c1cc(C(F)(F)F)ccc1n2-c1ccc(C(F)(F)F)cc1. The minimum Gasteiger partial charge on any atom is -0.355 e. The van der Waals surface area contributed by atoms with Crippen LogP contribution in [-0.4, -0.2) is 17.5 Å². The Labute approximate surface area is 171 Å². The number of rotatable bonds is 2. The van der Waals surface area contributed by atoms with E-state index in [-0.39, 0.29) is 10.9 Å². The third kappa shape index (κ3) is 3.60. The van der Waals surface area contributed by atoms with E-state index in [0.29, 0.717) is 22.1 Å². The summed E-state index contributed by atoms with van der Waals surface area (Å²) in [6.07, 6.45) is -9.08. The molecule has 1 aromatic heterocycles. The first-order chi connectivity index (χ1) is 14.5. The van der Waals surface area contributed by atoms with Gasteiger partial charge in [-0.05, 0) is 60.7 Å². The van der Waals surface area contributed by atoms with E-state index in [0.717, 1.165) is 24.3 Å². The van der Waals surface area contributed by atoms with Crippen LogP contribution >= 0.6 is 0 Å². The molecule has 4 aromatic rings. The lowest BCUT2D eigenvalue weighted by Crippen LogP contribution is -2.17. The Hall–Kier alpha value is -3.49. The fourth-order valence-corrected chi connectivity index (χ4v) is 3.56. The van der Waals surface area contributed by atoms with Gasteiger partial charge in [0.1, 0.15) is 0 Å². The van der Waals surface area contributed by atoms with Crippen LogP contribution in [0.4, 0.5) is 26.3 Å². The van der Waals surface area contributed by atoms with Gasteiger partial charge >= 0.3 is 12.4 Å². The van der Waals surface area contributed by atoms with Crippen LogP contribution in [-0.2, 0) is 12.4 Å².